The molecule has 10 heteroatoms. The number of carbonyl (C=O) groups excluding carboxylic acids is 1. The Morgan fingerprint density at radius 3 is 2.59 bits per heavy atom. The molecular formula is C22H30N6O3S. The van der Waals surface area contributed by atoms with Crippen LogP contribution in [0.25, 0.3) is 11.0 Å². The van der Waals surface area contributed by atoms with Crippen molar-refractivity contribution >= 4 is 38.3 Å². The number of nitrogens with one attached hydrogen (secondary N) is 3. The third kappa shape index (κ3) is 5.56. The second kappa shape index (κ2) is 9.56. The zero-order valence-electron chi connectivity index (χ0n) is 19.0. The van der Waals surface area contributed by atoms with E-state index in [0.29, 0.717) is 29.4 Å². The van der Waals surface area contributed by atoms with Crippen molar-refractivity contribution in [2.24, 2.45) is 5.92 Å². The number of nitrogens with zero attached hydrogens (tertiary/aromatic N) is 3. The molecule has 0 fully saturated rings. The molecule has 32 heavy (non-hydrogen) atoms. The van der Waals surface area contributed by atoms with E-state index in [2.05, 4.69) is 46.2 Å². The number of anilines is 2. The Morgan fingerprint density at radius 2 is 1.94 bits per heavy atom. The first-order valence-corrected chi connectivity index (χ1v) is 12.4. The standard InChI is InChI=1S/C22H30N6O3S/c1-6-28-21-18(13-25-28)20(26-15(4)14(2)3)19(12-23-21)22(29)24-11-16-8-7-9-17(10-16)27-32(5,30)31/h7-10,12-15,27H,6,11H2,1-5H3,(H,23,26)(H,24,29)/t15-/m0/s1. The van der Waals surface area contributed by atoms with Crippen LogP contribution in [0.15, 0.2) is 36.7 Å². The van der Waals surface area contributed by atoms with Crippen molar-refractivity contribution in [3.63, 3.8) is 0 Å². The van der Waals surface area contributed by atoms with Gasteiger partial charge in [-0.1, -0.05) is 26.0 Å². The highest BCUT2D eigenvalue weighted by atomic mass is 32.2. The van der Waals surface area contributed by atoms with Gasteiger partial charge >= 0.3 is 0 Å². The molecule has 1 atom stereocenters. The third-order valence-electron chi connectivity index (χ3n) is 5.27. The normalized spacial score (nSPS) is 12.7. The molecule has 0 spiro atoms. The fourth-order valence-electron chi connectivity index (χ4n) is 3.22. The van der Waals surface area contributed by atoms with Crippen LogP contribution in [0.4, 0.5) is 11.4 Å². The van der Waals surface area contributed by atoms with Crippen LogP contribution < -0.4 is 15.4 Å². The summed E-state index contributed by atoms with van der Waals surface area (Å²) in [5.74, 6) is 0.0870. The molecule has 2 heterocycles. The lowest BCUT2D eigenvalue weighted by atomic mass is 10.0. The monoisotopic (exact) mass is 458 g/mol. The summed E-state index contributed by atoms with van der Waals surface area (Å²) >= 11 is 0. The predicted molar refractivity (Wildman–Crippen MR) is 127 cm³/mol. The number of benzene rings is 1. The van der Waals surface area contributed by atoms with E-state index in [1.807, 2.05) is 13.0 Å². The van der Waals surface area contributed by atoms with Gasteiger partial charge in [0.2, 0.25) is 10.0 Å². The molecule has 2 aromatic heterocycles. The van der Waals surface area contributed by atoms with Gasteiger partial charge in [0, 0.05) is 31.0 Å². The average Bonchev–Trinajstić information content (AvgIpc) is 3.14. The quantitative estimate of drug-likeness (QED) is 0.453. The van der Waals surface area contributed by atoms with Gasteiger partial charge in [0.15, 0.2) is 5.65 Å². The Balaban J connectivity index is 1.87. The van der Waals surface area contributed by atoms with Gasteiger partial charge in [-0.2, -0.15) is 5.10 Å². The summed E-state index contributed by atoms with van der Waals surface area (Å²) in [6, 6.07) is 7.04. The van der Waals surface area contributed by atoms with Gasteiger partial charge < -0.3 is 10.6 Å². The lowest BCUT2D eigenvalue weighted by molar-refractivity contribution is 0.0951. The molecule has 3 rings (SSSR count). The minimum atomic E-state index is -3.38. The van der Waals surface area contributed by atoms with Crippen LogP contribution in [0.2, 0.25) is 0 Å². The molecule has 3 N–H and O–H groups in total. The molecule has 0 saturated carbocycles. The molecule has 172 valence electrons. The fourth-order valence-corrected chi connectivity index (χ4v) is 3.77. The van der Waals surface area contributed by atoms with Crippen molar-refractivity contribution in [3.8, 4) is 0 Å². The maximum absolute atomic E-state index is 13.1. The van der Waals surface area contributed by atoms with E-state index in [1.54, 1.807) is 35.3 Å². The molecular weight excluding hydrogens is 428 g/mol. The van der Waals surface area contributed by atoms with Crippen LogP contribution in [0, 0.1) is 5.92 Å². The first kappa shape index (κ1) is 23.5. The molecule has 9 nitrogen and oxygen atoms in total. The number of sulfonamides is 1. The Morgan fingerprint density at radius 1 is 1.19 bits per heavy atom. The van der Waals surface area contributed by atoms with Gasteiger partial charge in [0.25, 0.3) is 5.91 Å². The van der Waals surface area contributed by atoms with Crippen LogP contribution in [0.3, 0.4) is 0 Å². The minimum Gasteiger partial charge on any atom is -0.381 e. The number of pyridine rings is 1. The summed E-state index contributed by atoms with van der Waals surface area (Å²) in [7, 11) is -3.38. The van der Waals surface area contributed by atoms with Crippen molar-refractivity contribution in [1.29, 1.82) is 0 Å². The van der Waals surface area contributed by atoms with Gasteiger partial charge in [-0.25, -0.2) is 18.1 Å². The first-order valence-electron chi connectivity index (χ1n) is 10.5. The van der Waals surface area contributed by atoms with E-state index >= 15 is 0 Å². The van der Waals surface area contributed by atoms with Gasteiger partial charge in [-0.05, 0) is 37.5 Å². The summed E-state index contributed by atoms with van der Waals surface area (Å²) in [5.41, 5.74) is 3.08. The van der Waals surface area contributed by atoms with Crippen LogP contribution >= 0.6 is 0 Å². The zero-order valence-corrected chi connectivity index (χ0v) is 19.8. The zero-order chi connectivity index (χ0) is 23.5. The molecule has 0 saturated heterocycles. The van der Waals surface area contributed by atoms with Gasteiger partial charge in [-0.3, -0.25) is 9.52 Å². The third-order valence-corrected chi connectivity index (χ3v) is 5.87. The van der Waals surface area contributed by atoms with Gasteiger partial charge in [0.1, 0.15) is 0 Å². The number of fused-ring (bicyclic) bond motifs is 1. The summed E-state index contributed by atoms with van der Waals surface area (Å²) in [6.45, 7) is 9.21. The highest BCUT2D eigenvalue weighted by molar-refractivity contribution is 7.92. The lowest BCUT2D eigenvalue weighted by Gasteiger charge is -2.21. The van der Waals surface area contributed by atoms with Crippen molar-refractivity contribution in [3.05, 3.63) is 47.8 Å². The smallest absolute Gasteiger partial charge is 0.255 e. The maximum atomic E-state index is 13.1. The molecule has 3 aromatic rings. The number of rotatable bonds is 9. The Hall–Kier alpha value is -3.14. The minimum absolute atomic E-state index is 0.135. The fraction of sp³-hybridized carbons (Fsp3) is 0.409. The van der Waals surface area contributed by atoms with E-state index in [4.69, 9.17) is 0 Å². The van der Waals surface area contributed by atoms with E-state index < -0.39 is 10.0 Å². The Kier molecular flexibility index (Phi) is 7.02. The molecule has 0 unspecified atom stereocenters. The van der Waals surface area contributed by atoms with Gasteiger partial charge in [-0.15, -0.1) is 0 Å². The second-order valence-electron chi connectivity index (χ2n) is 8.18. The van der Waals surface area contributed by atoms with Crippen molar-refractivity contribution < 1.29 is 13.2 Å². The van der Waals surface area contributed by atoms with Crippen LogP contribution in [-0.2, 0) is 23.1 Å². The number of hydrogen-bond donors (Lipinski definition) is 3. The van der Waals surface area contributed by atoms with Crippen molar-refractivity contribution in [1.82, 2.24) is 20.1 Å². The van der Waals surface area contributed by atoms with Crippen molar-refractivity contribution in [2.45, 2.75) is 46.8 Å². The Labute approximate surface area is 188 Å². The van der Waals surface area contributed by atoms with E-state index in [1.165, 1.54) is 0 Å². The molecule has 1 amide bonds. The van der Waals surface area contributed by atoms with Crippen LogP contribution in [0.1, 0.15) is 43.6 Å². The molecule has 1 aromatic carbocycles. The van der Waals surface area contributed by atoms with E-state index in [0.717, 1.165) is 22.9 Å². The molecule has 0 aliphatic heterocycles. The van der Waals surface area contributed by atoms with E-state index in [-0.39, 0.29) is 18.5 Å². The predicted octanol–water partition coefficient (Wildman–Crippen LogP) is 3.21. The number of amides is 1. The van der Waals surface area contributed by atoms with Crippen LogP contribution in [-0.4, -0.2) is 41.4 Å². The van der Waals surface area contributed by atoms with E-state index in [9.17, 15) is 13.2 Å². The summed E-state index contributed by atoms with van der Waals surface area (Å²) in [4.78, 5) is 17.6. The van der Waals surface area contributed by atoms with Crippen molar-refractivity contribution in [2.75, 3.05) is 16.3 Å². The maximum Gasteiger partial charge on any atom is 0.255 e. The molecule has 0 aliphatic rings. The molecule has 0 aliphatic carbocycles. The summed E-state index contributed by atoms with van der Waals surface area (Å²) in [5, 5.41) is 11.6. The Bertz CT molecular complexity index is 1220. The van der Waals surface area contributed by atoms with Crippen LogP contribution in [0.5, 0.6) is 0 Å². The largest absolute Gasteiger partial charge is 0.381 e. The topological polar surface area (TPSA) is 118 Å². The first-order chi connectivity index (χ1) is 15.1. The number of carbonyl (C=O) groups is 1. The SMILES string of the molecule is CCn1ncc2c(N[C@@H](C)C(C)C)c(C(=O)NCc3cccc(NS(C)(=O)=O)c3)cnc21. The molecule has 0 radical (unpaired) electrons. The number of hydrogen-bond acceptors (Lipinski definition) is 6. The number of aryl methyl sites for hydroxylation is 1. The van der Waals surface area contributed by atoms with Gasteiger partial charge in [0.05, 0.1) is 29.1 Å². The highest BCUT2D eigenvalue weighted by Crippen LogP contribution is 2.28. The lowest BCUT2D eigenvalue weighted by Crippen LogP contribution is -2.27. The summed E-state index contributed by atoms with van der Waals surface area (Å²) in [6.07, 6.45) is 4.40. The second-order valence-corrected chi connectivity index (χ2v) is 9.93. The average molecular weight is 459 g/mol. The molecule has 0 bridgehead atoms. The highest BCUT2D eigenvalue weighted by Gasteiger charge is 2.20. The summed E-state index contributed by atoms with van der Waals surface area (Å²) < 4.78 is 27.2. The number of aromatic nitrogens is 3.